The van der Waals surface area contributed by atoms with Crippen LogP contribution in [-0.2, 0) is 6.54 Å². The summed E-state index contributed by atoms with van der Waals surface area (Å²) in [5.41, 5.74) is 0.549. The van der Waals surface area contributed by atoms with E-state index in [4.69, 9.17) is 0 Å². The molecule has 1 amide bonds. The average molecular weight is 335 g/mol. The summed E-state index contributed by atoms with van der Waals surface area (Å²) in [4.78, 5) is 19.2. The first-order valence-electron chi connectivity index (χ1n) is 8.78. The number of piperidine rings is 1. The lowest BCUT2D eigenvalue weighted by atomic mass is 9.95. The highest BCUT2D eigenvalue weighted by atomic mass is 16.2. The summed E-state index contributed by atoms with van der Waals surface area (Å²) in [5, 5.41) is 10.3. The molecule has 0 radical (unpaired) electrons. The van der Waals surface area contributed by atoms with Gasteiger partial charge in [-0.25, -0.2) is 0 Å². The summed E-state index contributed by atoms with van der Waals surface area (Å²) in [7, 11) is 0. The molecule has 0 saturated carbocycles. The van der Waals surface area contributed by atoms with Crippen molar-refractivity contribution in [3.63, 3.8) is 0 Å². The molecule has 1 saturated heterocycles. The number of carbonyl (C=O) groups is 1. The SMILES string of the molecule is CCn1cnnc1C1CCN(C(=O)c2nccc3ccccc23)CC1. The highest BCUT2D eigenvalue weighted by Crippen LogP contribution is 2.28. The third-order valence-electron chi connectivity index (χ3n) is 5.01. The molecular formula is C19H21N5O. The molecule has 0 unspecified atom stereocenters. The molecule has 1 aromatic carbocycles. The van der Waals surface area contributed by atoms with Crippen molar-refractivity contribution < 1.29 is 4.79 Å². The van der Waals surface area contributed by atoms with Gasteiger partial charge in [0.1, 0.15) is 17.8 Å². The summed E-state index contributed by atoms with van der Waals surface area (Å²) >= 11 is 0. The summed E-state index contributed by atoms with van der Waals surface area (Å²) in [6.07, 6.45) is 5.32. The highest BCUT2D eigenvalue weighted by molar-refractivity contribution is 6.05. The molecule has 0 bridgehead atoms. The Hall–Kier alpha value is -2.76. The van der Waals surface area contributed by atoms with E-state index in [1.54, 1.807) is 12.5 Å². The van der Waals surface area contributed by atoms with Gasteiger partial charge in [-0.15, -0.1) is 10.2 Å². The van der Waals surface area contributed by atoms with Gasteiger partial charge in [0.15, 0.2) is 0 Å². The van der Waals surface area contributed by atoms with Gasteiger partial charge in [0.05, 0.1) is 0 Å². The van der Waals surface area contributed by atoms with Crippen molar-refractivity contribution in [2.24, 2.45) is 0 Å². The number of aromatic nitrogens is 4. The molecule has 3 heterocycles. The fourth-order valence-corrected chi connectivity index (χ4v) is 3.60. The Morgan fingerprint density at radius 2 is 2.00 bits per heavy atom. The Labute approximate surface area is 146 Å². The number of hydrogen-bond acceptors (Lipinski definition) is 4. The zero-order valence-electron chi connectivity index (χ0n) is 14.3. The number of pyridine rings is 1. The van der Waals surface area contributed by atoms with E-state index >= 15 is 0 Å². The van der Waals surface area contributed by atoms with Gasteiger partial charge in [0, 0.05) is 37.1 Å². The van der Waals surface area contributed by atoms with E-state index in [1.807, 2.05) is 35.2 Å². The van der Waals surface area contributed by atoms with Gasteiger partial charge in [-0.3, -0.25) is 9.78 Å². The molecule has 0 spiro atoms. The predicted molar refractivity (Wildman–Crippen MR) is 95.3 cm³/mol. The van der Waals surface area contributed by atoms with Crippen LogP contribution >= 0.6 is 0 Å². The van der Waals surface area contributed by atoms with Crippen LogP contribution in [0.15, 0.2) is 42.9 Å². The first-order valence-corrected chi connectivity index (χ1v) is 8.78. The molecule has 6 heteroatoms. The second-order valence-corrected chi connectivity index (χ2v) is 6.42. The quantitative estimate of drug-likeness (QED) is 0.738. The van der Waals surface area contributed by atoms with Gasteiger partial charge < -0.3 is 9.47 Å². The van der Waals surface area contributed by atoms with Gasteiger partial charge in [-0.1, -0.05) is 24.3 Å². The summed E-state index contributed by atoms with van der Waals surface area (Å²) < 4.78 is 2.09. The third kappa shape index (κ3) is 2.88. The number of amides is 1. The van der Waals surface area contributed by atoms with E-state index in [9.17, 15) is 4.79 Å². The van der Waals surface area contributed by atoms with Crippen LogP contribution in [-0.4, -0.2) is 43.6 Å². The molecular weight excluding hydrogens is 314 g/mol. The zero-order chi connectivity index (χ0) is 17.2. The molecule has 6 nitrogen and oxygen atoms in total. The van der Waals surface area contributed by atoms with Crippen LogP contribution in [0.3, 0.4) is 0 Å². The lowest BCUT2D eigenvalue weighted by molar-refractivity contribution is 0.0706. The van der Waals surface area contributed by atoms with Crippen molar-refractivity contribution in [1.82, 2.24) is 24.6 Å². The normalized spacial score (nSPS) is 15.6. The number of hydrogen-bond donors (Lipinski definition) is 0. The Kier molecular flexibility index (Phi) is 4.17. The lowest BCUT2D eigenvalue weighted by Crippen LogP contribution is -2.38. The minimum Gasteiger partial charge on any atom is -0.337 e. The van der Waals surface area contributed by atoms with Crippen LogP contribution in [0.2, 0.25) is 0 Å². The topological polar surface area (TPSA) is 63.9 Å². The van der Waals surface area contributed by atoms with Crippen molar-refractivity contribution in [2.45, 2.75) is 32.2 Å². The number of nitrogens with zero attached hydrogens (tertiary/aromatic N) is 5. The maximum Gasteiger partial charge on any atom is 0.273 e. The van der Waals surface area contributed by atoms with Gasteiger partial charge in [-0.05, 0) is 31.2 Å². The number of aryl methyl sites for hydroxylation is 1. The van der Waals surface area contributed by atoms with Gasteiger partial charge in [-0.2, -0.15) is 0 Å². The van der Waals surface area contributed by atoms with E-state index in [2.05, 4.69) is 26.7 Å². The van der Waals surface area contributed by atoms with Crippen molar-refractivity contribution in [1.29, 1.82) is 0 Å². The van der Waals surface area contributed by atoms with E-state index in [-0.39, 0.29) is 5.91 Å². The lowest BCUT2D eigenvalue weighted by Gasteiger charge is -2.31. The van der Waals surface area contributed by atoms with E-state index in [0.29, 0.717) is 11.6 Å². The fraction of sp³-hybridized carbons (Fsp3) is 0.368. The summed E-state index contributed by atoms with van der Waals surface area (Å²) in [6.45, 7) is 4.43. The van der Waals surface area contributed by atoms with Crippen LogP contribution in [0.4, 0.5) is 0 Å². The minimum absolute atomic E-state index is 0.0206. The molecule has 0 aliphatic carbocycles. The Morgan fingerprint density at radius 1 is 1.20 bits per heavy atom. The molecule has 128 valence electrons. The molecule has 2 aromatic heterocycles. The second kappa shape index (κ2) is 6.63. The first kappa shape index (κ1) is 15.7. The standard InChI is InChI=1S/C19H21N5O/c1-2-23-13-21-22-18(23)15-8-11-24(12-9-15)19(25)17-16-6-4-3-5-14(16)7-10-20-17/h3-7,10,13,15H,2,8-9,11-12H2,1H3. The largest absolute Gasteiger partial charge is 0.337 e. The summed E-state index contributed by atoms with van der Waals surface area (Å²) in [5.74, 6) is 1.43. The smallest absolute Gasteiger partial charge is 0.273 e. The van der Waals surface area contributed by atoms with Gasteiger partial charge in [0.25, 0.3) is 5.91 Å². The van der Waals surface area contributed by atoms with Crippen molar-refractivity contribution >= 4 is 16.7 Å². The number of fused-ring (bicyclic) bond motifs is 1. The van der Waals surface area contributed by atoms with Crippen LogP contribution in [0.25, 0.3) is 10.8 Å². The van der Waals surface area contributed by atoms with Crippen molar-refractivity contribution in [2.75, 3.05) is 13.1 Å². The van der Waals surface area contributed by atoms with Crippen LogP contribution in [0.1, 0.15) is 42.0 Å². The number of benzene rings is 1. The van der Waals surface area contributed by atoms with Crippen LogP contribution < -0.4 is 0 Å². The molecule has 1 fully saturated rings. The maximum absolute atomic E-state index is 13.0. The monoisotopic (exact) mass is 335 g/mol. The predicted octanol–water partition coefficient (Wildman–Crippen LogP) is 2.87. The molecule has 4 rings (SSSR count). The highest BCUT2D eigenvalue weighted by Gasteiger charge is 2.28. The van der Waals surface area contributed by atoms with Gasteiger partial charge in [0.2, 0.25) is 0 Å². The third-order valence-corrected chi connectivity index (χ3v) is 5.01. The maximum atomic E-state index is 13.0. The Bertz CT molecular complexity index is 890. The number of rotatable bonds is 3. The van der Waals surface area contributed by atoms with Crippen LogP contribution in [0, 0.1) is 0 Å². The molecule has 1 aliphatic rings. The molecule has 25 heavy (non-hydrogen) atoms. The fourth-order valence-electron chi connectivity index (χ4n) is 3.60. The molecule has 3 aromatic rings. The van der Waals surface area contributed by atoms with Gasteiger partial charge >= 0.3 is 0 Å². The second-order valence-electron chi connectivity index (χ2n) is 6.42. The van der Waals surface area contributed by atoms with Crippen molar-refractivity contribution in [3.05, 3.63) is 54.4 Å². The van der Waals surface area contributed by atoms with Crippen LogP contribution in [0.5, 0.6) is 0 Å². The van der Waals surface area contributed by atoms with Crippen molar-refractivity contribution in [3.8, 4) is 0 Å². The zero-order valence-corrected chi connectivity index (χ0v) is 14.3. The first-order chi connectivity index (χ1) is 12.3. The molecule has 1 aliphatic heterocycles. The van der Waals surface area contributed by atoms with E-state index in [1.165, 1.54) is 0 Å². The van der Waals surface area contributed by atoms with E-state index in [0.717, 1.165) is 49.1 Å². The average Bonchev–Trinajstić information content (AvgIpc) is 3.16. The van der Waals surface area contributed by atoms with E-state index < -0.39 is 0 Å². The minimum atomic E-state index is 0.0206. The summed E-state index contributed by atoms with van der Waals surface area (Å²) in [6, 6.07) is 9.84. The number of likely N-dealkylation sites (tertiary alicyclic amines) is 1. The number of carbonyl (C=O) groups excluding carboxylic acids is 1. The Morgan fingerprint density at radius 3 is 2.80 bits per heavy atom. The molecule has 0 atom stereocenters. The molecule has 0 N–H and O–H groups in total. The Balaban J connectivity index is 1.51.